The summed E-state index contributed by atoms with van der Waals surface area (Å²) in [6.45, 7) is 4.13. The fourth-order valence-corrected chi connectivity index (χ4v) is 5.51. The highest BCUT2D eigenvalue weighted by atomic mass is 32.2. The molecule has 0 saturated carbocycles. The monoisotopic (exact) mass is 547 g/mol. The highest BCUT2D eigenvalue weighted by Gasteiger charge is 2.26. The molecule has 1 heterocycles. The quantitative estimate of drug-likeness (QED) is 0.325. The van der Waals surface area contributed by atoms with Crippen molar-refractivity contribution in [2.45, 2.75) is 17.4 Å². The summed E-state index contributed by atoms with van der Waals surface area (Å²) in [5, 5.41) is 0. The lowest BCUT2D eigenvalue weighted by molar-refractivity contribution is -0.142. The summed E-state index contributed by atoms with van der Waals surface area (Å²) in [5.41, 5.74) is 3.00. The third kappa shape index (κ3) is 7.60. The van der Waals surface area contributed by atoms with E-state index in [1.165, 1.54) is 24.9 Å². The van der Waals surface area contributed by atoms with Crippen molar-refractivity contribution < 1.29 is 22.7 Å². The number of benzene rings is 3. The van der Waals surface area contributed by atoms with Crippen LogP contribution in [0.2, 0.25) is 0 Å². The van der Waals surface area contributed by atoms with Crippen LogP contribution in [0, 0.1) is 11.8 Å². The summed E-state index contributed by atoms with van der Waals surface area (Å²) in [6, 6.07) is 23.1. The molecule has 3 aromatic carbocycles. The van der Waals surface area contributed by atoms with Crippen LogP contribution < -0.4 is 14.4 Å². The maximum absolute atomic E-state index is 13.0. The van der Waals surface area contributed by atoms with Gasteiger partial charge in [-0.1, -0.05) is 54.3 Å². The molecule has 3 aromatic rings. The van der Waals surface area contributed by atoms with Gasteiger partial charge in [0.15, 0.2) is 0 Å². The maximum Gasteiger partial charge on any atom is 0.324 e. The molecule has 204 valence electrons. The van der Waals surface area contributed by atoms with Crippen molar-refractivity contribution >= 4 is 21.7 Å². The molecule has 1 atom stereocenters. The Balaban J connectivity index is 1.33. The van der Waals surface area contributed by atoms with Crippen LogP contribution in [0.5, 0.6) is 5.75 Å². The molecule has 1 N–H and O–H groups in total. The number of carbonyl (C=O) groups excluding carboxylic acids is 1. The number of sulfonamides is 1. The molecule has 0 spiro atoms. The number of anilines is 1. The summed E-state index contributed by atoms with van der Waals surface area (Å²) in [5.74, 6) is 6.11. The number of esters is 1. The van der Waals surface area contributed by atoms with Gasteiger partial charge in [-0.05, 0) is 47.5 Å². The zero-order chi connectivity index (χ0) is 27.7. The van der Waals surface area contributed by atoms with Crippen LogP contribution >= 0.6 is 0 Å². The highest BCUT2D eigenvalue weighted by molar-refractivity contribution is 7.89. The largest absolute Gasteiger partial charge is 0.497 e. The van der Waals surface area contributed by atoms with Gasteiger partial charge in [0.25, 0.3) is 0 Å². The van der Waals surface area contributed by atoms with E-state index in [1.807, 2.05) is 42.5 Å². The minimum Gasteiger partial charge on any atom is -0.497 e. The molecule has 0 aromatic heterocycles. The minimum atomic E-state index is -3.97. The number of hydrogen-bond acceptors (Lipinski definition) is 7. The van der Waals surface area contributed by atoms with Gasteiger partial charge in [-0.15, -0.1) is 0 Å². The Morgan fingerprint density at radius 1 is 0.872 bits per heavy atom. The molecule has 9 heteroatoms. The number of ether oxygens (including phenoxy) is 2. The Labute approximate surface area is 230 Å². The van der Waals surface area contributed by atoms with E-state index in [2.05, 4.69) is 38.5 Å². The fraction of sp³-hybridized carbons (Fsp3) is 0.300. The summed E-state index contributed by atoms with van der Waals surface area (Å²) in [7, 11) is -1.14. The smallest absolute Gasteiger partial charge is 0.324 e. The topological polar surface area (TPSA) is 88.2 Å². The van der Waals surface area contributed by atoms with Crippen molar-refractivity contribution in [3.05, 3.63) is 78.9 Å². The van der Waals surface area contributed by atoms with Crippen LogP contribution in [-0.2, 0) is 19.6 Å². The number of methoxy groups -OCH3 is 2. The Morgan fingerprint density at radius 3 is 2.08 bits per heavy atom. The number of nitrogens with one attached hydrogen (secondary N) is 1. The van der Waals surface area contributed by atoms with Gasteiger partial charge in [-0.3, -0.25) is 9.69 Å². The van der Waals surface area contributed by atoms with E-state index in [0.717, 1.165) is 43.1 Å². The fourth-order valence-electron chi connectivity index (χ4n) is 4.33. The van der Waals surface area contributed by atoms with E-state index in [0.29, 0.717) is 6.54 Å². The second-order valence-corrected chi connectivity index (χ2v) is 10.8. The summed E-state index contributed by atoms with van der Waals surface area (Å²) in [6.07, 6.45) is 0.0137. The minimum absolute atomic E-state index is 0.0137. The normalized spacial score (nSPS) is 14.7. The van der Waals surface area contributed by atoms with Crippen molar-refractivity contribution in [2.75, 3.05) is 51.8 Å². The van der Waals surface area contributed by atoms with Crippen molar-refractivity contribution in [2.24, 2.45) is 0 Å². The van der Waals surface area contributed by atoms with E-state index >= 15 is 0 Å². The molecule has 0 radical (unpaired) electrons. The van der Waals surface area contributed by atoms with Gasteiger partial charge in [0.2, 0.25) is 10.0 Å². The molecular formula is C30H33N3O5S. The average Bonchev–Trinajstić information content (AvgIpc) is 2.99. The average molecular weight is 548 g/mol. The number of para-hydroxylation sites is 1. The second kappa shape index (κ2) is 13.3. The first kappa shape index (κ1) is 28.2. The lowest BCUT2D eigenvalue weighted by Crippen LogP contribution is -2.46. The molecule has 0 bridgehead atoms. The van der Waals surface area contributed by atoms with Crippen LogP contribution in [0.25, 0.3) is 11.1 Å². The lowest BCUT2D eigenvalue weighted by atomic mass is 10.1. The van der Waals surface area contributed by atoms with E-state index in [-0.39, 0.29) is 11.3 Å². The Kier molecular flexibility index (Phi) is 9.60. The zero-order valence-corrected chi connectivity index (χ0v) is 23.0. The molecular weight excluding hydrogens is 514 g/mol. The Bertz CT molecular complexity index is 1390. The first-order chi connectivity index (χ1) is 18.9. The first-order valence-electron chi connectivity index (χ1n) is 12.7. The summed E-state index contributed by atoms with van der Waals surface area (Å²) < 4.78 is 38.5. The van der Waals surface area contributed by atoms with Gasteiger partial charge in [0, 0.05) is 38.3 Å². The molecule has 1 saturated heterocycles. The highest BCUT2D eigenvalue weighted by Crippen LogP contribution is 2.24. The van der Waals surface area contributed by atoms with E-state index in [4.69, 9.17) is 9.47 Å². The molecule has 1 aliphatic rings. The van der Waals surface area contributed by atoms with Crippen LogP contribution in [0.1, 0.15) is 6.42 Å². The third-order valence-corrected chi connectivity index (χ3v) is 8.09. The van der Waals surface area contributed by atoms with Crippen LogP contribution in [0.15, 0.2) is 83.8 Å². The van der Waals surface area contributed by atoms with Crippen molar-refractivity contribution in [3.8, 4) is 28.7 Å². The van der Waals surface area contributed by atoms with E-state index in [1.54, 1.807) is 19.2 Å². The van der Waals surface area contributed by atoms with Crippen LogP contribution in [0.3, 0.4) is 0 Å². The zero-order valence-electron chi connectivity index (χ0n) is 22.2. The van der Waals surface area contributed by atoms with E-state index < -0.39 is 22.0 Å². The SMILES string of the molecule is COC(=O)C(CC#CCN1CCN(c2ccccc2)CC1)NS(=O)(=O)c1ccc(-c2ccc(OC)cc2)cc1. The predicted octanol–water partition coefficient (Wildman–Crippen LogP) is 3.40. The van der Waals surface area contributed by atoms with Crippen molar-refractivity contribution in [3.63, 3.8) is 0 Å². The molecule has 39 heavy (non-hydrogen) atoms. The summed E-state index contributed by atoms with van der Waals surface area (Å²) >= 11 is 0. The number of carbonyl (C=O) groups is 1. The molecule has 1 aliphatic heterocycles. The van der Waals surface area contributed by atoms with Crippen LogP contribution in [-0.4, -0.2) is 72.3 Å². The number of hydrogen-bond donors (Lipinski definition) is 1. The maximum atomic E-state index is 13.0. The standard InChI is InChI=1S/C30H33N3O5S/c1-37-27-15-11-24(12-16-27)25-13-17-28(18-14-25)39(35,36)31-29(30(34)38-2)10-6-7-19-32-20-22-33(23-21-32)26-8-4-3-5-9-26/h3-5,8-9,11-18,29,31H,10,19-23H2,1-2H3. The van der Waals surface area contributed by atoms with Gasteiger partial charge in [0.05, 0.1) is 25.7 Å². The van der Waals surface area contributed by atoms with Gasteiger partial charge < -0.3 is 14.4 Å². The van der Waals surface area contributed by atoms with Gasteiger partial charge in [-0.2, -0.15) is 4.72 Å². The predicted molar refractivity (Wildman–Crippen MR) is 152 cm³/mol. The number of rotatable bonds is 9. The molecule has 1 unspecified atom stereocenters. The Hall–Kier alpha value is -3.84. The molecule has 4 rings (SSSR count). The van der Waals surface area contributed by atoms with Gasteiger partial charge >= 0.3 is 5.97 Å². The lowest BCUT2D eigenvalue weighted by Gasteiger charge is -2.35. The van der Waals surface area contributed by atoms with Crippen LogP contribution in [0.4, 0.5) is 5.69 Å². The number of nitrogens with zero attached hydrogens (tertiary/aromatic N) is 2. The van der Waals surface area contributed by atoms with Gasteiger partial charge in [0.1, 0.15) is 11.8 Å². The van der Waals surface area contributed by atoms with Crippen molar-refractivity contribution in [1.82, 2.24) is 9.62 Å². The Morgan fingerprint density at radius 2 is 1.49 bits per heavy atom. The van der Waals surface area contributed by atoms with Gasteiger partial charge in [-0.25, -0.2) is 8.42 Å². The molecule has 1 fully saturated rings. The summed E-state index contributed by atoms with van der Waals surface area (Å²) in [4.78, 5) is 17.0. The second-order valence-electron chi connectivity index (χ2n) is 9.11. The first-order valence-corrected chi connectivity index (χ1v) is 14.2. The van der Waals surface area contributed by atoms with E-state index in [9.17, 15) is 13.2 Å². The van der Waals surface area contributed by atoms with Crippen molar-refractivity contribution in [1.29, 1.82) is 0 Å². The molecule has 0 amide bonds. The molecule has 0 aliphatic carbocycles. The molecule has 8 nitrogen and oxygen atoms in total. The third-order valence-electron chi connectivity index (χ3n) is 6.60. The number of piperazine rings is 1.